The zero-order chi connectivity index (χ0) is 22.1. The Morgan fingerprint density at radius 1 is 1.00 bits per heavy atom. The van der Waals surface area contributed by atoms with Crippen molar-refractivity contribution in [2.24, 2.45) is 0 Å². The van der Waals surface area contributed by atoms with Gasteiger partial charge in [0.1, 0.15) is 5.75 Å². The van der Waals surface area contributed by atoms with Crippen LogP contribution in [-0.2, 0) is 6.54 Å². The highest BCUT2D eigenvalue weighted by Crippen LogP contribution is 2.27. The Labute approximate surface area is 186 Å². The van der Waals surface area contributed by atoms with Crippen molar-refractivity contribution in [3.8, 4) is 17.0 Å². The van der Waals surface area contributed by atoms with Crippen molar-refractivity contribution in [3.63, 3.8) is 0 Å². The van der Waals surface area contributed by atoms with Gasteiger partial charge < -0.3 is 14.9 Å². The summed E-state index contributed by atoms with van der Waals surface area (Å²) in [4.78, 5) is 22.5. The van der Waals surface area contributed by atoms with Crippen LogP contribution in [0.25, 0.3) is 22.3 Å². The number of hydrogen-bond acceptors (Lipinski definition) is 5. The molecule has 2 aromatic heterocycles. The number of phenolic OH excluding ortho intramolecular Hbond substituents is 1. The standard InChI is InChI=1S/C25H25N5O2/c1-2-30-24-22(17-26-30)21(16-23(27-24)18-7-4-3-5-8-18)25(32)29-13-11-28(12-14-29)19-9-6-10-20(31)15-19/h3-10,15-17,31H,2,11-14H2,1H3. The Morgan fingerprint density at radius 2 is 1.78 bits per heavy atom. The molecule has 1 aliphatic heterocycles. The third-order valence-electron chi connectivity index (χ3n) is 5.97. The van der Waals surface area contributed by atoms with E-state index in [2.05, 4.69) is 10.00 Å². The fraction of sp³-hybridized carbons (Fsp3) is 0.240. The van der Waals surface area contributed by atoms with E-state index in [-0.39, 0.29) is 11.7 Å². The van der Waals surface area contributed by atoms with Gasteiger partial charge in [0.05, 0.1) is 22.8 Å². The van der Waals surface area contributed by atoms with E-state index >= 15 is 0 Å². The van der Waals surface area contributed by atoms with E-state index in [0.29, 0.717) is 38.3 Å². The minimum Gasteiger partial charge on any atom is -0.508 e. The SMILES string of the molecule is CCn1ncc2c(C(=O)N3CCN(c4cccc(O)c4)CC3)cc(-c3ccccc3)nc21. The molecular formula is C25H25N5O2. The number of fused-ring (bicyclic) bond motifs is 1. The number of benzene rings is 2. The summed E-state index contributed by atoms with van der Waals surface area (Å²) < 4.78 is 1.83. The van der Waals surface area contributed by atoms with Gasteiger partial charge in [-0.05, 0) is 25.1 Å². The molecule has 0 aliphatic carbocycles. The van der Waals surface area contributed by atoms with Crippen LogP contribution in [0.1, 0.15) is 17.3 Å². The van der Waals surface area contributed by atoms with E-state index in [0.717, 1.165) is 28.0 Å². The molecule has 0 saturated carbocycles. The van der Waals surface area contributed by atoms with Gasteiger partial charge in [0.25, 0.3) is 5.91 Å². The molecule has 0 bridgehead atoms. The summed E-state index contributed by atoms with van der Waals surface area (Å²) in [5, 5.41) is 15.0. The number of amides is 1. The number of pyridine rings is 1. The monoisotopic (exact) mass is 427 g/mol. The van der Waals surface area contributed by atoms with Crippen LogP contribution >= 0.6 is 0 Å². The fourth-order valence-corrected chi connectivity index (χ4v) is 4.24. The molecule has 162 valence electrons. The summed E-state index contributed by atoms with van der Waals surface area (Å²) in [7, 11) is 0. The van der Waals surface area contributed by atoms with Gasteiger partial charge in [0, 0.05) is 50.0 Å². The van der Waals surface area contributed by atoms with Crippen molar-refractivity contribution < 1.29 is 9.90 Å². The molecule has 0 radical (unpaired) electrons. The third kappa shape index (κ3) is 3.66. The van der Waals surface area contributed by atoms with Crippen LogP contribution in [-0.4, -0.2) is 56.9 Å². The summed E-state index contributed by atoms with van der Waals surface area (Å²) in [5.41, 5.74) is 4.09. The Kier molecular flexibility index (Phi) is 5.23. The van der Waals surface area contributed by atoms with Crippen molar-refractivity contribution in [2.45, 2.75) is 13.5 Å². The van der Waals surface area contributed by atoms with Crippen molar-refractivity contribution in [1.82, 2.24) is 19.7 Å². The molecular weight excluding hydrogens is 402 g/mol. The lowest BCUT2D eigenvalue weighted by atomic mass is 10.1. The van der Waals surface area contributed by atoms with Crippen LogP contribution in [0.15, 0.2) is 66.9 Å². The Bertz CT molecular complexity index is 1260. The lowest BCUT2D eigenvalue weighted by molar-refractivity contribution is 0.0748. The first-order valence-corrected chi connectivity index (χ1v) is 10.9. The number of piperazine rings is 1. The number of aromatic nitrogens is 3. The number of carbonyl (C=O) groups is 1. The van der Waals surface area contributed by atoms with Gasteiger partial charge in [-0.25, -0.2) is 9.67 Å². The Balaban J connectivity index is 1.45. The molecule has 1 amide bonds. The van der Waals surface area contributed by atoms with Crippen LogP contribution in [0.4, 0.5) is 5.69 Å². The molecule has 1 saturated heterocycles. The normalized spacial score (nSPS) is 14.2. The molecule has 2 aromatic carbocycles. The van der Waals surface area contributed by atoms with Gasteiger partial charge in [0.2, 0.25) is 0 Å². The number of hydrogen-bond donors (Lipinski definition) is 1. The molecule has 0 atom stereocenters. The van der Waals surface area contributed by atoms with E-state index in [9.17, 15) is 9.90 Å². The lowest BCUT2D eigenvalue weighted by Crippen LogP contribution is -2.48. The molecule has 7 nitrogen and oxygen atoms in total. The quantitative estimate of drug-likeness (QED) is 0.536. The molecule has 1 N–H and O–H groups in total. The second-order valence-electron chi connectivity index (χ2n) is 7.92. The van der Waals surface area contributed by atoms with E-state index in [1.807, 2.05) is 65.0 Å². The van der Waals surface area contributed by atoms with Gasteiger partial charge in [-0.1, -0.05) is 36.4 Å². The van der Waals surface area contributed by atoms with Gasteiger partial charge in [-0.2, -0.15) is 5.10 Å². The van der Waals surface area contributed by atoms with Crippen LogP contribution in [0, 0.1) is 0 Å². The summed E-state index contributed by atoms with van der Waals surface area (Å²) in [5.74, 6) is 0.252. The number of rotatable bonds is 4. The van der Waals surface area contributed by atoms with Crippen LogP contribution in [0.3, 0.4) is 0 Å². The zero-order valence-electron chi connectivity index (χ0n) is 18.0. The molecule has 0 unspecified atom stereocenters. The largest absolute Gasteiger partial charge is 0.508 e. The summed E-state index contributed by atoms with van der Waals surface area (Å²) >= 11 is 0. The predicted molar refractivity (Wildman–Crippen MR) is 125 cm³/mol. The minimum atomic E-state index is 0.000734. The third-order valence-corrected chi connectivity index (χ3v) is 5.97. The van der Waals surface area contributed by atoms with E-state index in [1.165, 1.54) is 0 Å². The zero-order valence-corrected chi connectivity index (χ0v) is 18.0. The second kappa shape index (κ2) is 8.34. The molecule has 3 heterocycles. The van der Waals surface area contributed by atoms with Gasteiger partial charge in [-0.15, -0.1) is 0 Å². The highest BCUT2D eigenvalue weighted by atomic mass is 16.3. The number of anilines is 1. The van der Waals surface area contributed by atoms with Crippen LogP contribution in [0.2, 0.25) is 0 Å². The highest BCUT2D eigenvalue weighted by Gasteiger charge is 2.25. The Hall–Kier alpha value is -3.87. The average Bonchev–Trinajstić information content (AvgIpc) is 3.27. The fourth-order valence-electron chi connectivity index (χ4n) is 4.24. The molecule has 1 aliphatic rings. The number of aromatic hydroxyl groups is 1. The van der Waals surface area contributed by atoms with Crippen LogP contribution < -0.4 is 4.90 Å². The van der Waals surface area contributed by atoms with Gasteiger partial charge >= 0.3 is 0 Å². The topological polar surface area (TPSA) is 74.5 Å². The summed E-state index contributed by atoms with van der Waals surface area (Å²) in [6, 6.07) is 19.1. The minimum absolute atomic E-state index is 0.000734. The first-order valence-electron chi connectivity index (χ1n) is 10.9. The maximum Gasteiger partial charge on any atom is 0.254 e. The lowest BCUT2D eigenvalue weighted by Gasteiger charge is -2.36. The number of aryl methyl sites for hydroxylation is 1. The molecule has 7 heteroatoms. The second-order valence-corrected chi connectivity index (χ2v) is 7.92. The van der Waals surface area contributed by atoms with Crippen molar-refractivity contribution in [2.75, 3.05) is 31.1 Å². The highest BCUT2D eigenvalue weighted by molar-refractivity contribution is 6.06. The van der Waals surface area contributed by atoms with Crippen LogP contribution in [0.5, 0.6) is 5.75 Å². The summed E-state index contributed by atoms with van der Waals surface area (Å²) in [6.07, 6.45) is 1.75. The van der Waals surface area contributed by atoms with Crippen molar-refractivity contribution in [1.29, 1.82) is 0 Å². The van der Waals surface area contributed by atoms with Gasteiger partial charge in [-0.3, -0.25) is 4.79 Å². The van der Waals surface area contributed by atoms with Crippen molar-refractivity contribution >= 4 is 22.6 Å². The molecule has 4 aromatic rings. The van der Waals surface area contributed by atoms with Crippen molar-refractivity contribution in [3.05, 3.63) is 72.4 Å². The predicted octanol–water partition coefficient (Wildman–Crippen LogP) is 3.79. The maximum absolute atomic E-state index is 13.6. The summed E-state index contributed by atoms with van der Waals surface area (Å²) in [6.45, 7) is 5.35. The first-order chi connectivity index (χ1) is 15.6. The van der Waals surface area contributed by atoms with Gasteiger partial charge in [0.15, 0.2) is 5.65 Å². The van der Waals surface area contributed by atoms with E-state index in [1.54, 1.807) is 18.3 Å². The molecule has 32 heavy (non-hydrogen) atoms. The van der Waals surface area contributed by atoms with E-state index < -0.39 is 0 Å². The average molecular weight is 428 g/mol. The number of nitrogens with zero attached hydrogens (tertiary/aromatic N) is 5. The molecule has 0 spiro atoms. The van der Waals surface area contributed by atoms with E-state index in [4.69, 9.17) is 4.98 Å². The molecule has 1 fully saturated rings. The Morgan fingerprint density at radius 3 is 2.50 bits per heavy atom. The maximum atomic E-state index is 13.6. The molecule has 5 rings (SSSR count). The smallest absolute Gasteiger partial charge is 0.254 e. The first kappa shape index (κ1) is 20.1. The number of phenols is 1. The number of carbonyl (C=O) groups excluding carboxylic acids is 1.